The fraction of sp³-hybridized carbons (Fsp3) is 0.684. The van der Waals surface area contributed by atoms with Crippen LogP contribution in [-0.2, 0) is 4.79 Å². The van der Waals surface area contributed by atoms with E-state index in [9.17, 15) is 9.59 Å². The number of aryl methyl sites for hydroxylation is 1. The minimum Gasteiger partial charge on any atom is -0.273 e. The fourth-order valence-electron chi connectivity index (χ4n) is 5.56. The van der Waals surface area contributed by atoms with Crippen molar-refractivity contribution in [2.24, 2.45) is 23.2 Å². The summed E-state index contributed by atoms with van der Waals surface area (Å²) in [5.74, 6) is 2.05. The SMILES string of the molecule is CCCN(NC(=O)C12CC3CC(CC1C3)C2)C(=O)c1cscc1C. The van der Waals surface area contributed by atoms with Gasteiger partial charge in [0.05, 0.1) is 11.0 Å². The highest BCUT2D eigenvalue weighted by Crippen LogP contribution is 2.65. The largest absolute Gasteiger partial charge is 0.273 e. The van der Waals surface area contributed by atoms with Crippen LogP contribution in [0.1, 0.15) is 61.4 Å². The summed E-state index contributed by atoms with van der Waals surface area (Å²) in [6.45, 7) is 4.55. The summed E-state index contributed by atoms with van der Waals surface area (Å²) in [5.41, 5.74) is 4.53. The minimum absolute atomic E-state index is 0.0712. The Kier molecular flexibility index (Phi) is 3.94. The summed E-state index contributed by atoms with van der Waals surface area (Å²) in [4.78, 5) is 26.0. The van der Waals surface area contributed by atoms with Gasteiger partial charge in [-0.2, -0.15) is 11.3 Å². The van der Waals surface area contributed by atoms with E-state index in [4.69, 9.17) is 0 Å². The van der Waals surface area contributed by atoms with Crippen molar-refractivity contribution in [1.82, 2.24) is 10.4 Å². The number of carbonyl (C=O) groups is 2. The average Bonchev–Trinajstić information content (AvgIpc) is 3.16. The fourth-order valence-corrected chi connectivity index (χ4v) is 6.38. The number of nitrogens with zero attached hydrogens (tertiary/aromatic N) is 1. The van der Waals surface area contributed by atoms with Crippen molar-refractivity contribution < 1.29 is 9.59 Å². The van der Waals surface area contributed by atoms with Gasteiger partial charge in [0.15, 0.2) is 0 Å². The van der Waals surface area contributed by atoms with E-state index in [1.165, 1.54) is 30.6 Å². The summed E-state index contributed by atoms with van der Waals surface area (Å²) in [6, 6.07) is 0. The van der Waals surface area contributed by atoms with E-state index in [1.807, 2.05) is 24.6 Å². The highest BCUT2D eigenvalue weighted by molar-refractivity contribution is 7.08. The van der Waals surface area contributed by atoms with Crippen LogP contribution in [0.25, 0.3) is 0 Å². The molecule has 24 heavy (non-hydrogen) atoms. The lowest BCUT2D eigenvalue weighted by molar-refractivity contribution is -0.137. The lowest BCUT2D eigenvalue weighted by Gasteiger charge is -2.34. The number of hydrogen-bond donors (Lipinski definition) is 1. The lowest BCUT2D eigenvalue weighted by Crippen LogP contribution is -2.52. The number of hydrogen-bond acceptors (Lipinski definition) is 3. The van der Waals surface area contributed by atoms with E-state index >= 15 is 0 Å². The molecule has 2 unspecified atom stereocenters. The molecule has 1 N–H and O–H groups in total. The zero-order valence-corrected chi connectivity index (χ0v) is 15.3. The van der Waals surface area contributed by atoms with Gasteiger partial charge in [-0.3, -0.25) is 15.0 Å². The monoisotopic (exact) mass is 346 g/mol. The van der Waals surface area contributed by atoms with E-state index < -0.39 is 0 Å². The van der Waals surface area contributed by atoms with Gasteiger partial charge in [0.2, 0.25) is 5.91 Å². The molecule has 130 valence electrons. The van der Waals surface area contributed by atoms with Crippen LogP contribution >= 0.6 is 11.3 Å². The van der Waals surface area contributed by atoms with Gasteiger partial charge in [-0.15, -0.1) is 0 Å². The Morgan fingerprint density at radius 2 is 1.96 bits per heavy atom. The van der Waals surface area contributed by atoms with Crippen LogP contribution in [0.5, 0.6) is 0 Å². The maximum Gasteiger partial charge on any atom is 0.273 e. The van der Waals surface area contributed by atoms with Crippen molar-refractivity contribution in [1.29, 1.82) is 0 Å². The van der Waals surface area contributed by atoms with Crippen LogP contribution in [0.4, 0.5) is 0 Å². The van der Waals surface area contributed by atoms with Gasteiger partial charge in [-0.25, -0.2) is 5.01 Å². The highest BCUT2D eigenvalue weighted by Gasteiger charge is 2.61. The third-order valence-electron chi connectivity index (χ3n) is 6.46. The first-order valence-corrected chi connectivity index (χ1v) is 10.1. The minimum atomic E-state index is -0.191. The van der Waals surface area contributed by atoms with Crippen molar-refractivity contribution >= 4 is 23.2 Å². The first kappa shape index (κ1) is 16.1. The Morgan fingerprint density at radius 1 is 1.25 bits per heavy atom. The summed E-state index contributed by atoms with van der Waals surface area (Å²) in [6.07, 6.45) is 6.65. The molecule has 5 rings (SSSR count). The number of carbonyl (C=O) groups excluding carboxylic acids is 2. The molecule has 2 atom stereocenters. The van der Waals surface area contributed by atoms with Crippen LogP contribution in [0, 0.1) is 30.1 Å². The molecule has 0 spiro atoms. The van der Waals surface area contributed by atoms with Gasteiger partial charge in [0, 0.05) is 11.9 Å². The van der Waals surface area contributed by atoms with Crippen molar-refractivity contribution in [3.63, 3.8) is 0 Å². The van der Waals surface area contributed by atoms with Gasteiger partial charge >= 0.3 is 0 Å². The number of hydrazine groups is 1. The molecule has 1 heterocycles. The molecule has 1 aromatic heterocycles. The topological polar surface area (TPSA) is 49.4 Å². The van der Waals surface area contributed by atoms with Crippen LogP contribution in [0.2, 0.25) is 0 Å². The van der Waals surface area contributed by atoms with Gasteiger partial charge < -0.3 is 0 Å². The van der Waals surface area contributed by atoms with Crippen LogP contribution in [0.3, 0.4) is 0 Å². The molecule has 4 fully saturated rings. The molecule has 4 saturated carbocycles. The third-order valence-corrected chi connectivity index (χ3v) is 7.32. The Morgan fingerprint density at radius 3 is 2.54 bits per heavy atom. The van der Waals surface area contributed by atoms with Gasteiger partial charge in [-0.1, -0.05) is 6.92 Å². The molecular formula is C19H26N2O2S. The zero-order valence-electron chi connectivity index (χ0n) is 14.5. The lowest BCUT2D eigenvalue weighted by atomic mass is 9.75. The Balaban J connectivity index is 1.52. The molecule has 0 radical (unpaired) electrons. The molecule has 4 bridgehead atoms. The molecule has 5 heteroatoms. The van der Waals surface area contributed by atoms with Crippen molar-refractivity contribution in [2.75, 3.05) is 6.54 Å². The van der Waals surface area contributed by atoms with Gasteiger partial charge in [0.25, 0.3) is 5.91 Å². The second-order valence-corrected chi connectivity index (χ2v) is 8.81. The van der Waals surface area contributed by atoms with Crippen molar-refractivity contribution in [2.45, 2.75) is 52.4 Å². The molecule has 1 aromatic rings. The summed E-state index contributed by atoms with van der Waals surface area (Å²) < 4.78 is 0. The molecule has 0 aliphatic heterocycles. The van der Waals surface area contributed by atoms with Gasteiger partial charge in [-0.05, 0) is 74.1 Å². The van der Waals surface area contributed by atoms with Crippen LogP contribution < -0.4 is 5.43 Å². The Hall–Kier alpha value is -1.36. The second-order valence-electron chi connectivity index (χ2n) is 8.07. The first-order valence-electron chi connectivity index (χ1n) is 9.19. The molecule has 4 aliphatic rings. The van der Waals surface area contributed by atoms with E-state index in [1.54, 1.807) is 5.01 Å². The Bertz CT molecular complexity index is 654. The summed E-state index contributed by atoms with van der Waals surface area (Å²) in [7, 11) is 0. The maximum absolute atomic E-state index is 13.2. The second kappa shape index (κ2) is 5.87. The molecule has 0 aromatic carbocycles. The predicted octanol–water partition coefficient (Wildman–Crippen LogP) is 3.77. The first-order chi connectivity index (χ1) is 11.5. The smallest absolute Gasteiger partial charge is 0.273 e. The van der Waals surface area contributed by atoms with E-state index in [0.717, 1.165) is 36.7 Å². The molecule has 4 aliphatic carbocycles. The highest BCUT2D eigenvalue weighted by atomic mass is 32.1. The normalized spacial score (nSPS) is 33.0. The average molecular weight is 346 g/mol. The number of amides is 2. The summed E-state index contributed by atoms with van der Waals surface area (Å²) in [5, 5.41) is 5.43. The standard InChI is InChI=1S/C19H26N2O2S/c1-3-4-21(17(22)16-11-24-10-12(16)2)20-18(23)19-8-13-5-14(9-19)7-15(19)6-13/h10-11,13-15H,3-9H2,1-2H3,(H,20,23). The quantitative estimate of drug-likeness (QED) is 0.844. The van der Waals surface area contributed by atoms with Crippen molar-refractivity contribution in [3.05, 3.63) is 21.9 Å². The number of thiophene rings is 1. The zero-order chi connectivity index (χ0) is 16.9. The van der Waals surface area contributed by atoms with Gasteiger partial charge in [0.1, 0.15) is 0 Å². The van der Waals surface area contributed by atoms with Crippen molar-refractivity contribution in [3.8, 4) is 0 Å². The maximum atomic E-state index is 13.2. The molecule has 4 nitrogen and oxygen atoms in total. The van der Waals surface area contributed by atoms with E-state index in [-0.39, 0.29) is 17.2 Å². The number of rotatable bonds is 4. The Labute approximate surface area is 147 Å². The van der Waals surface area contributed by atoms with Crippen LogP contribution in [0.15, 0.2) is 10.8 Å². The third kappa shape index (κ3) is 2.40. The molecular weight excluding hydrogens is 320 g/mol. The summed E-state index contributed by atoms with van der Waals surface area (Å²) >= 11 is 1.53. The predicted molar refractivity (Wildman–Crippen MR) is 94.5 cm³/mol. The number of nitrogens with one attached hydrogen (secondary N) is 1. The molecule has 2 amide bonds. The van der Waals surface area contributed by atoms with E-state index in [2.05, 4.69) is 5.43 Å². The van der Waals surface area contributed by atoms with Crippen LogP contribution in [-0.4, -0.2) is 23.4 Å². The molecule has 0 saturated heterocycles. The van der Waals surface area contributed by atoms with E-state index in [0.29, 0.717) is 18.0 Å².